The molecule has 0 fully saturated rings. The van der Waals surface area contributed by atoms with Crippen molar-refractivity contribution in [2.24, 2.45) is 0 Å². The highest BCUT2D eigenvalue weighted by Gasteiger charge is 2.10. The average molecular weight is 183 g/mol. The van der Waals surface area contributed by atoms with Gasteiger partial charge in [-0.05, 0) is 13.3 Å². The van der Waals surface area contributed by atoms with Crippen LogP contribution in [0.3, 0.4) is 0 Å². The van der Waals surface area contributed by atoms with E-state index < -0.39 is 0 Å². The molecule has 0 N–H and O–H groups in total. The average Bonchev–Trinajstić information content (AvgIpc) is 2.17. The Bertz CT molecular complexity index is 219. The van der Waals surface area contributed by atoms with Gasteiger partial charge < -0.3 is 0 Å². The summed E-state index contributed by atoms with van der Waals surface area (Å²) >= 11 is 0. The second-order valence-corrected chi connectivity index (χ2v) is 2.54. The lowest BCUT2D eigenvalue weighted by atomic mass is 10.2. The van der Waals surface area contributed by atoms with Crippen LogP contribution in [0.1, 0.15) is 20.3 Å². The van der Waals surface area contributed by atoms with Crippen molar-refractivity contribution < 1.29 is 9.63 Å². The van der Waals surface area contributed by atoms with Crippen molar-refractivity contribution in [1.82, 2.24) is 5.06 Å². The third-order valence-electron chi connectivity index (χ3n) is 1.65. The van der Waals surface area contributed by atoms with E-state index in [0.29, 0.717) is 5.57 Å². The fraction of sp³-hybridized carbons (Fsp3) is 0.500. The fourth-order valence-electron chi connectivity index (χ4n) is 0.801. The topological polar surface area (TPSA) is 29.5 Å². The molecule has 0 bridgehead atoms. The lowest BCUT2D eigenvalue weighted by Gasteiger charge is -2.13. The summed E-state index contributed by atoms with van der Waals surface area (Å²) in [4.78, 5) is 16.3. The van der Waals surface area contributed by atoms with Crippen LogP contribution in [-0.2, 0) is 9.63 Å². The van der Waals surface area contributed by atoms with Gasteiger partial charge in [0.15, 0.2) is 0 Å². The summed E-state index contributed by atoms with van der Waals surface area (Å²) in [6.07, 6.45) is 6.43. The minimum absolute atomic E-state index is 0.130. The Balaban J connectivity index is 4.43. The molecule has 0 aromatic rings. The number of carbonyl (C=O) groups is 1. The third-order valence-corrected chi connectivity index (χ3v) is 1.65. The molecule has 74 valence electrons. The summed E-state index contributed by atoms with van der Waals surface area (Å²) in [5.41, 5.74) is 0.645. The molecular formula is C10H17NO2. The second kappa shape index (κ2) is 6.43. The molecule has 0 aromatic heterocycles. The largest absolute Gasteiger partial charge is 0.276 e. The molecule has 0 spiro atoms. The molecular weight excluding hydrogens is 166 g/mol. The smallest absolute Gasteiger partial charge is 0.274 e. The number of hydrogen-bond acceptors (Lipinski definition) is 2. The van der Waals surface area contributed by atoms with Gasteiger partial charge in [-0.1, -0.05) is 25.2 Å². The third kappa shape index (κ3) is 3.90. The van der Waals surface area contributed by atoms with Crippen molar-refractivity contribution in [2.75, 3.05) is 14.2 Å². The molecule has 0 unspecified atom stereocenters. The molecule has 0 heterocycles. The summed E-state index contributed by atoms with van der Waals surface area (Å²) in [7, 11) is 3.06. The Morgan fingerprint density at radius 1 is 1.54 bits per heavy atom. The Morgan fingerprint density at radius 3 is 2.54 bits per heavy atom. The highest BCUT2D eigenvalue weighted by atomic mass is 16.7. The lowest BCUT2D eigenvalue weighted by Crippen LogP contribution is -2.26. The molecule has 0 aliphatic rings. The van der Waals surface area contributed by atoms with Gasteiger partial charge >= 0.3 is 0 Å². The molecule has 0 aromatic carbocycles. The summed E-state index contributed by atoms with van der Waals surface area (Å²) in [5, 5.41) is 1.20. The first-order valence-corrected chi connectivity index (χ1v) is 4.32. The van der Waals surface area contributed by atoms with Crippen LogP contribution in [-0.4, -0.2) is 25.1 Å². The summed E-state index contributed by atoms with van der Waals surface area (Å²) in [6.45, 7) is 3.85. The number of carbonyl (C=O) groups excluding carboxylic acids is 1. The zero-order chi connectivity index (χ0) is 10.3. The maximum Gasteiger partial charge on any atom is 0.276 e. The standard InChI is InChI=1S/C10H17NO2/c1-5-7-8-9(6-2)10(12)11(3)13-4/h6-8H,5H2,1-4H3/b8-7-,9-6+. The van der Waals surface area contributed by atoms with E-state index in [-0.39, 0.29) is 5.91 Å². The van der Waals surface area contributed by atoms with E-state index >= 15 is 0 Å². The Morgan fingerprint density at radius 2 is 2.15 bits per heavy atom. The molecule has 0 atom stereocenters. The van der Waals surface area contributed by atoms with Crippen molar-refractivity contribution in [3.63, 3.8) is 0 Å². The number of hydrogen-bond donors (Lipinski definition) is 0. The normalized spacial score (nSPS) is 12.2. The van der Waals surface area contributed by atoms with Gasteiger partial charge in [-0.15, -0.1) is 0 Å². The molecule has 1 amide bonds. The minimum atomic E-state index is -0.130. The van der Waals surface area contributed by atoms with Crippen molar-refractivity contribution >= 4 is 5.91 Å². The van der Waals surface area contributed by atoms with E-state index in [9.17, 15) is 4.79 Å². The van der Waals surface area contributed by atoms with Crippen molar-refractivity contribution in [3.05, 3.63) is 23.8 Å². The van der Waals surface area contributed by atoms with Gasteiger partial charge in [0.2, 0.25) is 0 Å². The Labute approximate surface area is 79.6 Å². The van der Waals surface area contributed by atoms with E-state index in [0.717, 1.165) is 6.42 Å². The maximum absolute atomic E-state index is 11.5. The molecule has 0 radical (unpaired) electrons. The van der Waals surface area contributed by atoms with Gasteiger partial charge in [0, 0.05) is 12.6 Å². The van der Waals surface area contributed by atoms with Crippen LogP contribution in [0.25, 0.3) is 0 Å². The van der Waals surface area contributed by atoms with Gasteiger partial charge in [0.1, 0.15) is 0 Å². The Kier molecular flexibility index (Phi) is 5.89. The molecule has 0 aliphatic heterocycles. The highest BCUT2D eigenvalue weighted by Crippen LogP contribution is 2.02. The first-order chi connectivity index (χ1) is 6.17. The quantitative estimate of drug-likeness (QED) is 0.378. The summed E-state index contributed by atoms with van der Waals surface area (Å²) < 4.78 is 0. The molecule has 0 saturated carbocycles. The maximum atomic E-state index is 11.5. The van der Waals surface area contributed by atoms with Crippen LogP contribution in [0.4, 0.5) is 0 Å². The van der Waals surface area contributed by atoms with Gasteiger partial charge in [-0.25, -0.2) is 5.06 Å². The van der Waals surface area contributed by atoms with Gasteiger partial charge in [-0.2, -0.15) is 0 Å². The highest BCUT2D eigenvalue weighted by molar-refractivity contribution is 5.95. The molecule has 0 aliphatic carbocycles. The zero-order valence-corrected chi connectivity index (χ0v) is 8.70. The second-order valence-electron chi connectivity index (χ2n) is 2.54. The van der Waals surface area contributed by atoms with Gasteiger partial charge in [-0.3, -0.25) is 9.63 Å². The van der Waals surface area contributed by atoms with Gasteiger partial charge in [0.25, 0.3) is 5.91 Å². The van der Waals surface area contributed by atoms with Crippen molar-refractivity contribution in [2.45, 2.75) is 20.3 Å². The number of nitrogens with zero attached hydrogens (tertiary/aromatic N) is 1. The van der Waals surface area contributed by atoms with Crippen LogP contribution in [0.5, 0.6) is 0 Å². The zero-order valence-electron chi connectivity index (χ0n) is 8.70. The van der Waals surface area contributed by atoms with E-state index in [1.165, 1.54) is 12.2 Å². The first-order valence-electron chi connectivity index (χ1n) is 4.32. The fourth-order valence-corrected chi connectivity index (χ4v) is 0.801. The molecule has 3 nitrogen and oxygen atoms in total. The summed E-state index contributed by atoms with van der Waals surface area (Å²) in [6, 6.07) is 0. The Hall–Kier alpha value is -1.09. The van der Waals surface area contributed by atoms with Crippen LogP contribution in [0.2, 0.25) is 0 Å². The van der Waals surface area contributed by atoms with E-state index in [1.807, 2.05) is 19.9 Å². The lowest BCUT2D eigenvalue weighted by molar-refractivity contribution is -0.163. The predicted octanol–water partition coefficient (Wildman–Crippen LogP) is 1.92. The number of allylic oxidation sites excluding steroid dienone is 2. The van der Waals surface area contributed by atoms with E-state index in [1.54, 1.807) is 19.2 Å². The van der Waals surface area contributed by atoms with E-state index in [2.05, 4.69) is 0 Å². The van der Waals surface area contributed by atoms with Crippen LogP contribution in [0.15, 0.2) is 23.8 Å². The molecule has 0 rings (SSSR count). The van der Waals surface area contributed by atoms with Gasteiger partial charge in [0.05, 0.1) is 7.11 Å². The number of hydroxylamine groups is 2. The molecule has 13 heavy (non-hydrogen) atoms. The number of rotatable bonds is 4. The number of amides is 1. The number of likely N-dealkylation sites (N-methyl/N-ethyl adjacent to an activating group) is 1. The minimum Gasteiger partial charge on any atom is -0.274 e. The monoisotopic (exact) mass is 183 g/mol. The summed E-state index contributed by atoms with van der Waals surface area (Å²) in [5.74, 6) is -0.130. The first kappa shape index (κ1) is 11.9. The predicted molar refractivity (Wildman–Crippen MR) is 53.0 cm³/mol. The van der Waals surface area contributed by atoms with Crippen LogP contribution < -0.4 is 0 Å². The molecule has 0 saturated heterocycles. The van der Waals surface area contributed by atoms with E-state index in [4.69, 9.17) is 4.84 Å². The van der Waals surface area contributed by atoms with Crippen molar-refractivity contribution in [1.29, 1.82) is 0 Å². The molecule has 3 heteroatoms. The van der Waals surface area contributed by atoms with Crippen LogP contribution in [0, 0.1) is 0 Å². The SMILES string of the molecule is C/C=C(\C=C/CC)C(=O)N(C)OC. The van der Waals surface area contributed by atoms with Crippen molar-refractivity contribution in [3.8, 4) is 0 Å². The van der Waals surface area contributed by atoms with Crippen LogP contribution >= 0.6 is 0 Å².